The summed E-state index contributed by atoms with van der Waals surface area (Å²) in [6.45, 7) is 10.9. The zero-order chi connectivity index (χ0) is 17.8. The highest BCUT2D eigenvalue weighted by Gasteiger charge is 2.23. The van der Waals surface area contributed by atoms with Crippen molar-refractivity contribution in [2.75, 3.05) is 6.61 Å². The van der Waals surface area contributed by atoms with Gasteiger partial charge in [-0.3, -0.25) is 0 Å². The van der Waals surface area contributed by atoms with Crippen molar-refractivity contribution in [2.45, 2.75) is 40.0 Å². The quantitative estimate of drug-likeness (QED) is 0.772. The van der Waals surface area contributed by atoms with E-state index in [4.69, 9.17) is 4.74 Å². The van der Waals surface area contributed by atoms with E-state index < -0.39 is 0 Å². The molecule has 126 valence electrons. The summed E-state index contributed by atoms with van der Waals surface area (Å²) in [4.78, 5) is 0. The Morgan fingerprint density at radius 1 is 0.875 bits per heavy atom. The van der Waals surface area contributed by atoms with E-state index in [9.17, 15) is 5.11 Å². The largest absolute Gasteiger partial charge is 0.508 e. The van der Waals surface area contributed by atoms with Crippen LogP contribution in [-0.2, 0) is 5.41 Å². The minimum atomic E-state index is -0.154. The molecule has 0 aliphatic carbocycles. The average molecular weight is 322 g/mol. The summed E-state index contributed by atoms with van der Waals surface area (Å²) in [6, 6.07) is 15.6. The first kappa shape index (κ1) is 17.9. The monoisotopic (exact) mass is 322 g/mol. The van der Waals surface area contributed by atoms with Crippen molar-refractivity contribution in [3.8, 4) is 23.3 Å². The molecule has 2 heteroatoms. The van der Waals surface area contributed by atoms with Gasteiger partial charge < -0.3 is 9.84 Å². The highest BCUT2D eigenvalue weighted by Crippen LogP contribution is 2.33. The average Bonchev–Trinajstić information content (AvgIpc) is 2.54. The molecular formula is C22H26O2. The SMILES string of the molecule is CC#CC(C)(C)COc1ccc(C(C)(C)c2ccc(O)cc2)cc1. The van der Waals surface area contributed by atoms with E-state index in [2.05, 4.69) is 51.7 Å². The van der Waals surface area contributed by atoms with Crippen molar-refractivity contribution < 1.29 is 9.84 Å². The van der Waals surface area contributed by atoms with Crippen molar-refractivity contribution >= 4 is 0 Å². The summed E-state index contributed by atoms with van der Waals surface area (Å²) in [5, 5.41) is 9.47. The highest BCUT2D eigenvalue weighted by molar-refractivity contribution is 5.41. The van der Waals surface area contributed by atoms with E-state index in [1.165, 1.54) is 5.56 Å². The van der Waals surface area contributed by atoms with Gasteiger partial charge in [-0.2, -0.15) is 0 Å². The van der Waals surface area contributed by atoms with Gasteiger partial charge in [-0.1, -0.05) is 44.0 Å². The van der Waals surface area contributed by atoms with Gasteiger partial charge in [-0.25, -0.2) is 0 Å². The second kappa shape index (κ2) is 7.01. The van der Waals surface area contributed by atoms with Crippen LogP contribution in [0.1, 0.15) is 45.7 Å². The molecule has 0 amide bonds. The molecular weight excluding hydrogens is 296 g/mol. The van der Waals surface area contributed by atoms with Crippen molar-refractivity contribution in [3.63, 3.8) is 0 Å². The molecule has 1 N–H and O–H groups in total. The molecule has 0 unspecified atom stereocenters. The molecule has 0 atom stereocenters. The van der Waals surface area contributed by atoms with Gasteiger partial charge >= 0.3 is 0 Å². The summed E-state index contributed by atoms with van der Waals surface area (Å²) in [5.74, 6) is 7.25. The van der Waals surface area contributed by atoms with Crippen LogP contribution in [0.25, 0.3) is 0 Å². The smallest absolute Gasteiger partial charge is 0.119 e. The van der Waals surface area contributed by atoms with Gasteiger partial charge in [0.05, 0.1) is 5.41 Å². The Hall–Kier alpha value is -2.40. The van der Waals surface area contributed by atoms with E-state index in [1.54, 1.807) is 12.1 Å². The number of ether oxygens (including phenoxy) is 1. The summed E-state index contributed by atoms with van der Waals surface area (Å²) in [7, 11) is 0. The second-order valence-electron chi connectivity index (χ2n) is 7.24. The lowest BCUT2D eigenvalue weighted by Crippen LogP contribution is -2.20. The molecule has 0 fully saturated rings. The Balaban J connectivity index is 2.13. The minimum Gasteiger partial charge on any atom is -0.508 e. The molecule has 0 aromatic heterocycles. The van der Waals surface area contributed by atoms with Crippen molar-refractivity contribution in [1.82, 2.24) is 0 Å². The minimum absolute atomic E-state index is 0.140. The van der Waals surface area contributed by atoms with Crippen LogP contribution in [0.2, 0.25) is 0 Å². The number of aromatic hydroxyl groups is 1. The number of phenolic OH excluding ortho intramolecular Hbond substituents is 1. The molecule has 2 nitrogen and oxygen atoms in total. The first-order valence-corrected chi connectivity index (χ1v) is 8.21. The maximum Gasteiger partial charge on any atom is 0.119 e. The van der Waals surface area contributed by atoms with E-state index >= 15 is 0 Å². The van der Waals surface area contributed by atoms with Crippen molar-refractivity contribution in [1.29, 1.82) is 0 Å². The lowest BCUT2D eigenvalue weighted by Gasteiger charge is -2.26. The number of phenols is 1. The molecule has 0 radical (unpaired) electrons. The van der Waals surface area contributed by atoms with Crippen LogP contribution in [0.15, 0.2) is 48.5 Å². The summed E-state index contributed by atoms with van der Waals surface area (Å²) >= 11 is 0. The fraction of sp³-hybridized carbons (Fsp3) is 0.364. The van der Waals surface area contributed by atoms with E-state index in [1.807, 2.05) is 31.2 Å². The third-order valence-corrected chi connectivity index (χ3v) is 4.23. The predicted molar refractivity (Wildman–Crippen MR) is 99.4 cm³/mol. The normalized spacial score (nSPS) is 11.5. The number of rotatable bonds is 5. The maximum absolute atomic E-state index is 9.47. The first-order chi connectivity index (χ1) is 11.2. The summed E-state index contributed by atoms with van der Waals surface area (Å²) in [5.41, 5.74) is 2.07. The Kier molecular flexibility index (Phi) is 5.24. The third-order valence-electron chi connectivity index (χ3n) is 4.23. The van der Waals surface area contributed by atoms with E-state index in [-0.39, 0.29) is 16.6 Å². The fourth-order valence-corrected chi connectivity index (χ4v) is 2.65. The third kappa shape index (κ3) is 4.32. The van der Waals surface area contributed by atoms with Gasteiger partial charge in [0.25, 0.3) is 0 Å². The van der Waals surface area contributed by atoms with Gasteiger partial charge in [0.2, 0.25) is 0 Å². The zero-order valence-electron chi connectivity index (χ0n) is 15.2. The molecule has 2 rings (SSSR count). The first-order valence-electron chi connectivity index (χ1n) is 8.21. The van der Waals surface area contributed by atoms with Crippen LogP contribution < -0.4 is 4.74 Å². The van der Waals surface area contributed by atoms with Gasteiger partial charge in [0, 0.05) is 5.41 Å². The Morgan fingerprint density at radius 2 is 1.38 bits per heavy atom. The van der Waals surface area contributed by atoms with Crippen LogP contribution in [-0.4, -0.2) is 11.7 Å². The van der Waals surface area contributed by atoms with Crippen LogP contribution in [0.5, 0.6) is 11.5 Å². The predicted octanol–water partition coefficient (Wildman–Crippen LogP) is 5.15. The number of hydrogen-bond acceptors (Lipinski definition) is 2. The molecule has 24 heavy (non-hydrogen) atoms. The summed E-state index contributed by atoms with van der Waals surface area (Å²) < 4.78 is 5.88. The molecule has 0 aliphatic heterocycles. The molecule has 0 aliphatic rings. The molecule has 0 spiro atoms. The van der Waals surface area contributed by atoms with Gasteiger partial charge in [0.15, 0.2) is 0 Å². The van der Waals surface area contributed by atoms with E-state index in [0.29, 0.717) is 6.61 Å². The fourth-order valence-electron chi connectivity index (χ4n) is 2.65. The van der Waals surface area contributed by atoms with Gasteiger partial charge in [-0.05, 0) is 56.2 Å². The number of benzene rings is 2. The zero-order valence-corrected chi connectivity index (χ0v) is 15.2. The van der Waals surface area contributed by atoms with Crippen LogP contribution in [0.3, 0.4) is 0 Å². The van der Waals surface area contributed by atoms with Crippen molar-refractivity contribution in [2.24, 2.45) is 5.41 Å². The molecule has 0 heterocycles. The topological polar surface area (TPSA) is 29.5 Å². The lowest BCUT2D eigenvalue weighted by atomic mass is 9.78. The lowest BCUT2D eigenvalue weighted by molar-refractivity contribution is 0.229. The Morgan fingerprint density at radius 3 is 1.88 bits per heavy atom. The molecule has 0 saturated carbocycles. The molecule has 2 aromatic rings. The standard InChI is InChI=1S/C22H26O2/c1-6-15-21(2,3)16-24-20-13-9-18(10-14-20)22(4,5)17-7-11-19(23)12-8-17/h7-14,23H,16H2,1-5H3. The number of hydrogen-bond donors (Lipinski definition) is 1. The molecule has 2 aromatic carbocycles. The van der Waals surface area contributed by atoms with Crippen LogP contribution >= 0.6 is 0 Å². The van der Waals surface area contributed by atoms with Gasteiger partial charge in [0.1, 0.15) is 18.1 Å². The molecule has 0 bridgehead atoms. The second-order valence-corrected chi connectivity index (χ2v) is 7.24. The van der Waals surface area contributed by atoms with E-state index in [0.717, 1.165) is 11.3 Å². The summed E-state index contributed by atoms with van der Waals surface area (Å²) in [6.07, 6.45) is 0. The van der Waals surface area contributed by atoms with Gasteiger partial charge in [-0.15, -0.1) is 5.92 Å². The Labute approximate surface area is 145 Å². The van der Waals surface area contributed by atoms with Crippen LogP contribution in [0.4, 0.5) is 0 Å². The van der Waals surface area contributed by atoms with Crippen LogP contribution in [0, 0.1) is 17.3 Å². The maximum atomic E-state index is 9.47. The highest BCUT2D eigenvalue weighted by atomic mass is 16.5. The Bertz CT molecular complexity index is 726. The molecule has 0 saturated heterocycles. The van der Waals surface area contributed by atoms with Crippen molar-refractivity contribution in [3.05, 3.63) is 59.7 Å².